The van der Waals surface area contributed by atoms with Gasteiger partial charge in [-0.1, -0.05) is 0 Å². The lowest BCUT2D eigenvalue weighted by atomic mass is 9.99. The van der Waals surface area contributed by atoms with Crippen LogP contribution in [0.1, 0.15) is 12.8 Å². The minimum atomic E-state index is -0.503. The van der Waals surface area contributed by atoms with Gasteiger partial charge in [0, 0.05) is 6.54 Å². The summed E-state index contributed by atoms with van der Waals surface area (Å²) < 4.78 is 0. The van der Waals surface area contributed by atoms with E-state index in [1.165, 1.54) is 0 Å². The quantitative estimate of drug-likeness (QED) is 0.443. The highest BCUT2D eigenvalue weighted by atomic mass is 17.1. The van der Waals surface area contributed by atoms with Gasteiger partial charge in [0.05, 0.1) is 5.92 Å². The van der Waals surface area contributed by atoms with Gasteiger partial charge in [0.2, 0.25) is 0 Å². The second kappa shape index (κ2) is 3.69. The Morgan fingerprint density at radius 3 is 3.00 bits per heavy atom. The first kappa shape index (κ1) is 8.49. The summed E-state index contributed by atoms with van der Waals surface area (Å²) in [5, 5.41) is 8.11. The zero-order valence-corrected chi connectivity index (χ0v) is 6.62. The van der Waals surface area contributed by atoms with Crippen molar-refractivity contribution in [1.29, 1.82) is 0 Å². The van der Waals surface area contributed by atoms with Crippen molar-refractivity contribution in [1.82, 2.24) is 4.90 Å². The number of hydrogen-bond donors (Lipinski definition) is 1. The third kappa shape index (κ3) is 2.17. The van der Waals surface area contributed by atoms with Crippen LogP contribution in [0.2, 0.25) is 0 Å². The molecule has 0 amide bonds. The summed E-state index contributed by atoms with van der Waals surface area (Å²) in [6.45, 7) is 1.72. The predicted molar refractivity (Wildman–Crippen MR) is 38.9 cm³/mol. The number of rotatable bonds is 1. The maximum absolute atomic E-state index is 10.8. The Kier molecular flexibility index (Phi) is 2.84. The molecule has 0 aromatic carbocycles. The van der Waals surface area contributed by atoms with Crippen LogP contribution in [0.5, 0.6) is 0 Å². The lowest BCUT2D eigenvalue weighted by molar-refractivity contribution is -0.240. The average Bonchev–Trinajstić information content (AvgIpc) is 2.03. The van der Waals surface area contributed by atoms with Crippen molar-refractivity contribution >= 4 is 5.97 Å². The molecule has 1 unspecified atom stereocenters. The number of carbonyl (C=O) groups excluding carboxylic acids is 1. The molecular formula is C7H13NO3. The van der Waals surface area contributed by atoms with Gasteiger partial charge in [0.25, 0.3) is 0 Å². The Morgan fingerprint density at radius 1 is 1.73 bits per heavy atom. The fourth-order valence-electron chi connectivity index (χ4n) is 1.43. The predicted octanol–water partition coefficient (Wildman–Crippen LogP) is 0.344. The fraction of sp³-hybridized carbons (Fsp3) is 0.857. The van der Waals surface area contributed by atoms with Gasteiger partial charge in [-0.15, -0.1) is 0 Å². The molecule has 0 aromatic rings. The van der Waals surface area contributed by atoms with Crippen molar-refractivity contribution in [3.05, 3.63) is 0 Å². The van der Waals surface area contributed by atoms with E-state index in [2.05, 4.69) is 9.79 Å². The Bertz CT molecular complexity index is 149. The summed E-state index contributed by atoms with van der Waals surface area (Å²) in [5.41, 5.74) is 0. The molecule has 1 saturated heterocycles. The van der Waals surface area contributed by atoms with E-state index in [0.717, 1.165) is 19.4 Å². The van der Waals surface area contributed by atoms with Crippen LogP contribution >= 0.6 is 0 Å². The van der Waals surface area contributed by atoms with E-state index in [-0.39, 0.29) is 5.92 Å². The van der Waals surface area contributed by atoms with Crippen molar-refractivity contribution in [3.63, 3.8) is 0 Å². The molecule has 1 N–H and O–H groups in total. The second-order valence-electron chi connectivity index (χ2n) is 3.01. The smallest absolute Gasteiger partial charge is 0.306 e. The average molecular weight is 159 g/mol. The number of piperidine rings is 1. The van der Waals surface area contributed by atoms with Crippen LogP contribution in [0.3, 0.4) is 0 Å². The van der Waals surface area contributed by atoms with E-state index in [1.807, 2.05) is 7.05 Å². The lowest BCUT2D eigenvalue weighted by Gasteiger charge is -2.26. The SMILES string of the molecule is CN1CCCC(C(=O)OO)C1. The third-order valence-corrected chi connectivity index (χ3v) is 2.05. The van der Waals surface area contributed by atoms with Crippen molar-refractivity contribution in [2.45, 2.75) is 12.8 Å². The first-order chi connectivity index (χ1) is 5.24. The van der Waals surface area contributed by atoms with Crippen molar-refractivity contribution in [2.75, 3.05) is 20.1 Å². The maximum Gasteiger partial charge on any atom is 0.346 e. The molecule has 0 bridgehead atoms. The van der Waals surface area contributed by atoms with Gasteiger partial charge >= 0.3 is 5.97 Å². The van der Waals surface area contributed by atoms with Crippen LogP contribution in [-0.2, 0) is 9.68 Å². The van der Waals surface area contributed by atoms with Gasteiger partial charge in [-0.2, -0.15) is 5.26 Å². The Morgan fingerprint density at radius 2 is 2.45 bits per heavy atom. The van der Waals surface area contributed by atoms with E-state index in [4.69, 9.17) is 5.26 Å². The largest absolute Gasteiger partial charge is 0.346 e. The van der Waals surface area contributed by atoms with E-state index < -0.39 is 5.97 Å². The minimum Gasteiger partial charge on any atom is -0.306 e. The molecule has 1 fully saturated rings. The number of nitrogens with zero attached hydrogens (tertiary/aromatic N) is 1. The summed E-state index contributed by atoms with van der Waals surface area (Å²) in [7, 11) is 1.96. The lowest BCUT2D eigenvalue weighted by Crippen LogP contribution is -2.36. The molecule has 0 spiro atoms. The molecule has 1 rings (SSSR count). The highest BCUT2D eigenvalue weighted by Gasteiger charge is 2.25. The summed E-state index contributed by atoms with van der Waals surface area (Å²) in [4.78, 5) is 16.5. The monoisotopic (exact) mass is 159 g/mol. The van der Waals surface area contributed by atoms with E-state index in [1.54, 1.807) is 0 Å². The Balaban J connectivity index is 2.39. The van der Waals surface area contributed by atoms with Crippen LogP contribution in [0, 0.1) is 5.92 Å². The molecule has 64 valence electrons. The number of likely N-dealkylation sites (tertiary alicyclic amines) is 1. The summed E-state index contributed by atoms with van der Waals surface area (Å²) in [5.74, 6) is -0.643. The molecule has 1 heterocycles. The maximum atomic E-state index is 10.8. The van der Waals surface area contributed by atoms with Crippen LogP contribution in [-0.4, -0.2) is 36.3 Å². The summed E-state index contributed by atoms with van der Waals surface area (Å²) in [6.07, 6.45) is 1.82. The van der Waals surface area contributed by atoms with E-state index in [0.29, 0.717) is 6.54 Å². The molecular weight excluding hydrogens is 146 g/mol. The van der Waals surface area contributed by atoms with Gasteiger partial charge < -0.3 is 9.79 Å². The van der Waals surface area contributed by atoms with E-state index in [9.17, 15) is 4.79 Å². The van der Waals surface area contributed by atoms with Gasteiger partial charge in [0.15, 0.2) is 0 Å². The Labute approximate surface area is 65.7 Å². The van der Waals surface area contributed by atoms with Crippen LogP contribution < -0.4 is 0 Å². The van der Waals surface area contributed by atoms with Crippen molar-refractivity contribution in [2.24, 2.45) is 5.92 Å². The van der Waals surface area contributed by atoms with E-state index >= 15 is 0 Å². The fourth-order valence-corrected chi connectivity index (χ4v) is 1.43. The first-order valence-electron chi connectivity index (χ1n) is 3.78. The van der Waals surface area contributed by atoms with Gasteiger partial charge in [-0.05, 0) is 26.4 Å². The van der Waals surface area contributed by atoms with Crippen LogP contribution in [0.4, 0.5) is 0 Å². The van der Waals surface area contributed by atoms with Crippen molar-refractivity contribution < 1.29 is 14.9 Å². The standard InChI is InChI=1S/C7H13NO3/c1-8-4-2-3-6(5-8)7(9)11-10/h6,10H,2-5H2,1H3. The zero-order chi connectivity index (χ0) is 8.27. The van der Waals surface area contributed by atoms with Crippen LogP contribution in [0.15, 0.2) is 0 Å². The third-order valence-electron chi connectivity index (χ3n) is 2.05. The molecule has 1 atom stereocenters. The first-order valence-corrected chi connectivity index (χ1v) is 3.78. The molecule has 4 nitrogen and oxygen atoms in total. The second-order valence-corrected chi connectivity index (χ2v) is 3.01. The topological polar surface area (TPSA) is 49.8 Å². The molecule has 11 heavy (non-hydrogen) atoms. The molecule has 1 aliphatic rings. The highest BCUT2D eigenvalue weighted by molar-refractivity contribution is 5.72. The normalized spacial score (nSPS) is 26.5. The molecule has 0 saturated carbocycles. The van der Waals surface area contributed by atoms with Gasteiger partial charge in [-0.25, -0.2) is 4.79 Å². The minimum absolute atomic E-state index is 0.140. The summed E-state index contributed by atoms with van der Waals surface area (Å²) >= 11 is 0. The number of carbonyl (C=O) groups is 1. The molecule has 0 radical (unpaired) electrons. The number of hydrogen-bond acceptors (Lipinski definition) is 4. The Hall–Kier alpha value is -0.610. The van der Waals surface area contributed by atoms with Crippen LogP contribution in [0.25, 0.3) is 0 Å². The molecule has 0 aromatic heterocycles. The summed E-state index contributed by atoms with van der Waals surface area (Å²) in [6, 6.07) is 0. The zero-order valence-electron chi connectivity index (χ0n) is 6.62. The molecule has 1 aliphatic heterocycles. The highest BCUT2D eigenvalue weighted by Crippen LogP contribution is 2.15. The molecule has 0 aliphatic carbocycles. The van der Waals surface area contributed by atoms with Gasteiger partial charge in [-0.3, -0.25) is 0 Å². The van der Waals surface area contributed by atoms with Crippen molar-refractivity contribution in [3.8, 4) is 0 Å². The molecule has 4 heteroatoms. The van der Waals surface area contributed by atoms with Gasteiger partial charge in [0.1, 0.15) is 0 Å².